The fourth-order valence-corrected chi connectivity index (χ4v) is 10.0. The SMILES string of the molecule is C/C=C(\C=C/CC)N(c1ccccc1)c1ccc(-c2cc3c4c(c2)C(C)(C)C2=C\Nc5c-3cc(N(c3ccccc3)c3ccccc3)cc5C(C)(C)/C4=C/C=C\2)c2ccccc12. The second kappa shape index (κ2) is 15.4. The molecule has 1 heterocycles. The van der Waals surface area contributed by atoms with Crippen LogP contribution in [0.15, 0.2) is 206 Å². The van der Waals surface area contributed by atoms with Gasteiger partial charge in [-0.1, -0.05) is 150 Å². The van der Waals surface area contributed by atoms with E-state index in [4.69, 9.17) is 0 Å². The monoisotopic (exact) mass is 803 g/mol. The molecule has 0 fully saturated rings. The summed E-state index contributed by atoms with van der Waals surface area (Å²) >= 11 is 0. The molecule has 7 aromatic rings. The first-order chi connectivity index (χ1) is 30.2. The zero-order chi connectivity index (χ0) is 42.6. The minimum Gasteiger partial charge on any atom is -0.361 e. The van der Waals surface area contributed by atoms with Crippen LogP contribution in [0.1, 0.15) is 64.7 Å². The van der Waals surface area contributed by atoms with Gasteiger partial charge < -0.3 is 15.1 Å². The van der Waals surface area contributed by atoms with E-state index < -0.39 is 0 Å². The molecule has 0 amide bonds. The van der Waals surface area contributed by atoms with Crippen LogP contribution in [-0.2, 0) is 10.8 Å². The summed E-state index contributed by atoms with van der Waals surface area (Å²) in [4.78, 5) is 4.80. The predicted molar refractivity (Wildman–Crippen MR) is 266 cm³/mol. The topological polar surface area (TPSA) is 18.5 Å². The fraction of sp³-hybridized carbons (Fsp3) is 0.153. The largest absolute Gasteiger partial charge is 0.361 e. The molecule has 1 N–H and O–H groups in total. The molecular formula is C59H53N3. The molecule has 3 aliphatic rings. The summed E-state index contributed by atoms with van der Waals surface area (Å²) in [7, 11) is 0. The molecule has 0 unspecified atom stereocenters. The Morgan fingerprint density at radius 2 is 1.26 bits per heavy atom. The average Bonchev–Trinajstić information content (AvgIpc) is 3.35. The number of hydrogen-bond donors (Lipinski definition) is 1. The van der Waals surface area contributed by atoms with Crippen molar-refractivity contribution in [3.63, 3.8) is 0 Å². The third-order valence-electron chi connectivity index (χ3n) is 13.3. The lowest BCUT2D eigenvalue weighted by atomic mass is 9.67. The van der Waals surface area contributed by atoms with Gasteiger partial charge in [0.2, 0.25) is 0 Å². The van der Waals surface area contributed by atoms with Gasteiger partial charge in [-0.15, -0.1) is 0 Å². The fourth-order valence-electron chi connectivity index (χ4n) is 10.0. The highest BCUT2D eigenvalue weighted by molar-refractivity contribution is 6.08. The molecule has 304 valence electrons. The molecule has 0 saturated carbocycles. The van der Waals surface area contributed by atoms with Crippen molar-refractivity contribution in [2.45, 2.75) is 58.8 Å². The van der Waals surface area contributed by atoms with Crippen molar-refractivity contribution in [2.24, 2.45) is 0 Å². The second-order valence-corrected chi connectivity index (χ2v) is 17.7. The maximum atomic E-state index is 3.96. The highest BCUT2D eigenvalue weighted by atomic mass is 15.2. The summed E-state index contributed by atoms with van der Waals surface area (Å²) in [6, 6.07) is 55.8. The van der Waals surface area contributed by atoms with Crippen LogP contribution < -0.4 is 15.1 Å². The summed E-state index contributed by atoms with van der Waals surface area (Å²) in [5.41, 5.74) is 18.7. The van der Waals surface area contributed by atoms with Crippen molar-refractivity contribution < 1.29 is 0 Å². The quantitative estimate of drug-likeness (QED) is 0.147. The average molecular weight is 804 g/mol. The molecule has 1 aliphatic heterocycles. The van der Waals surface area contributed by atoms with Gasteiger partial charge >= 0.3 is 0 Å². The third-order valence-corrected chi connectivity index (χ3v) is 13.3. The van der Waals surface area contributed by atoms with Crippen LogP contribution in [0, 0.1) is 0 Å². The van der Waals surface area contributed by atoms with Gasteiger partial charge in [-0.05, 0) is 136 Å². The van der Waals surface area contributed by atoms with E-state index in [1.165, 1.54) is 60.9 Å². The first-order valence-corrected chi connectivity index (χ1v) is 22.0. The van der Waals surface area contributed by atoms with Crippen molar-refractivity contribution in [1.29, 1.82) is 0 Å². The molecule has 3 heteroatoms. The molecule has 0 spiro atoms. The van der Waals surface area contributed by atoms with Gasteiger partial charge in [-0.25, -0.2) is 0 Å². The lowest BCUT2D eigenvalue weighted by molar-refractivity contribution is 0.628. The smallest absolute Gasteiger partial charge is 0.0540 e. The molecule has 0 saturated heterocycles. The Morgan fingerprint density at radius 3 is 1.92 bits per heavy atom. The van der Waals surface area contributed by atoms with E-state index in [0.717, 1.165) is 46.2 Å². The van der Waals surface area contributed by atoms with Gasteiger partial charge in [0.25, 0.3) is 0 Å². The van der Waals surface area contributed by atoms with E-state index in [1.54, 1.807) is 0 Å². The Labute approximate surface area is 367 Å². The maximum Gasteiger partial charge on any atom is 0.0540 e. The molecule has 10 rings (SSSR count). The number of fused-ring (bicyclic) bond motifs is 2. The number of benzene rings is 7. The van der Waals surface area contributed by atoms with Crippen molar-refractivity contribution in [2.75, 3.05) is 15.1 Å². The molecule has 7 aromatic carbocycles. The van der Waals surface area contributed by atoms with Gasteiger partial charge in [0.15, 0.2) is 0 Å². The minimum absolute atomic E-state index is 0.312. The van der Waals surface area contributed by atoms with Crippen molar-refractivity contribution in [1.82, 2.24) is 0 Å². The van der Waals surface area contributed by atoms with Gasteiger partial charge in [-0.2, -0.15) is 0 Å². The Bertz CT molecular complexity index is 2980. The summed E-state index contributed by atoms with van der Waals surface area (Å²) < 4.78 is 0. The summed E-state index contributed by atoms with van der Waals surface area (Å²) in [5, 5.41) is 6.39. The summed E-state index contributed by atoms with van der Waals surface area (Å²) in [6.45, 7) is 13.9. The molecule has 0 radical (unpaired) electrons. The highest BCUT2D eigenvalue weighted by Gasteiger charge is 2.42. The van der Waals surface area contributed by atoms with Crippen LogP contribution in [0.25, 0.3) is 38.6 Å². The number of nitrogens with one attached hydrogen (secondary N) is 1. The van der Waals surface area contributed by atoms with Gasteiger partial charge in [0.05, 0.1) is 11.4 Å². The second-order valence-electron chi connectivity index (χ2n) is 17.7. The van der Waals surface area contributed by atoms with E-state index in [-0.39, 0.29) is 10.8 Å². The zero-order valence-electron chi connectivity index (χ0n) is 36.6. The number of rotatable bonds is 9. The summed E-state index contributed by atoms with van der Waals surface area (Å²) in [5.74, 6) is 0. The van der Waals surface area contributed by atoms with E-state index in [0.29, 0.717) is 0 Å². The first-order valence-electron chi connectivity index (χ1n) is 22.0. The van der Waals surface area contributed by atoms with Crippen molar-refractivity contribution in [3.8, 4) is 22.3 Å². The van der Waals surface area contributed by atoms with Crippen LogP contribution in [0.3, 0.4) is 0 Å². The van der Waals surface area contributed by atoms with Gasteiger partial charge in [-0.3, -0.25) is 0 Å². The lowest BCUT2D eigenvalue weighted by Crippen LogP contribution is -2.28. The van der Waals surface area contributed by atoms with Crippen molar-refractivity contribution in [3.05, 3.63) is 222 Å². The Kier molecular flexibility index (Phi) is 9.72. The van der Waals surface area contributed by atoms with Crippen LogP contribution in [0.4, 0.5) is 34.1 Å². The molecule has 62 heavy (non-hydrogen) atoms. The molecule has 3 nitrogen and oxygen atoms in total. The standard InChI is InChI=1S/C59H53N3/c1-7-9-23-42(8-2)62(45-28-17-12-18-29-45)55-34-33-47(48-30-19-20-31-49(48)55)40-35-50-51-37-46(61(43-24-13-10-14-25-43)44-26-15-11-16-27-44)38-54-57(51)60-39-41-22-21-32-52(59(54,5)6)56(50)53(36-40)58(41,3)4/h8-39,60H,7H2,1-6H3/b22-21-,23-9-,41-39-,42-8+,52-32+. The maximum absolute atomic E-state index is 3.96. The number of hydrogen-bond acceptors (Lipinski definition) is 3. The van der Waals surface area contributed by atoms with Gasteiger partial charge in [0, 0.05) is 56.4 Å². The van der Waals surface area contributed by atoms with Crippen LogP contribution >= 0.6 is 0 Å². The van der Waals surface area contributed by atoms with Crippen molar-refractivity contribution >= 4 is 50.5 Å². The third kappa shape index (κ3) is 6.34. The zero-order valence-corrected chi connectivity index (χ0v) is 36.6. The lowest BCUT2D eigenvalue weighted by Gasteiger charge is -2.38. The number of para-hydroxylation sites is 3. The van der Waals surface area contributed by atoms with E-state index in [2.05, 4.69) is 251 Å². The minimum atomic E-state index is -0.345. The molecule has 2 aliphatic carbocycles. The van der Waals surface area contributed by atoms with E-state index in [1.807, 2.05) is 0 Å². The molecular weight excluding hydrogens is 751 g/mol. The number of anilines is 6. The van der Waals surface area contributed by atoms with E-state index in [9.17, 15) is 0 Å². The predicted octanol–water partition coefficient (Wildman–Crippen LogP) is 16.5. The summed E-state index contributed by atoms with van der Waals surface area (Å²) in [6.07, 6.45) is 16.9. The van der Waals surface area contributed by atoms with Crippen LogP contribution in [-0.4, -0.2) is 0 Å². The number of nitrogens with zero attached hydrogens (tertiary/aromatic N) is 2. The van der Waals surface area contributed by atoms with Crippen LogP contribution in [0.5, 0.6) is 0 Å². The Morgan fingerprint density at radius 1 is 0.613 bits per heavy atom. The Balaban J connectivity index is 1.27. The normalized spacial score (nSPS) is 17.7. The molecule has 0 atom stereocenters. The Hall–Kier alpha value is -7.10. The molecule has 0 aromatic heterocycles. The first kappa shape index (κ1) is 39.1. The number of allylic oxidation sites excluding steroid dienone is 8. The molecule has 7 bridgehead atoms. The van der Waals surface area contributed by atoms with Gasteiger partial charge in [0.1, 0.15) is 0 Å². The van der Waals surface area contributed by atoms with E-state index >= 15 is 0 Å². The highest BCUT2D eigenvalue weighted by Crippen LogP contribution is 2.58. The van der Waals surface area contributed by atoms with Crippen LogP contribution in [0.2, 0.25) is 0 Å².